The monoisotopic (exact) mass is 531 g/mol. The van der Waals surface area contributed by atoms with Crippen molar-refractivity contribution in [1.82, 2.24) is 10.2 Å². The standard InChI is InChI=1S/C23H28Cl2FN3O4S/c1-15(22(31)27-23(2,3)4)28(13-16-8-6-7-9-19(16)26)21(30)14-29(34(5,32)33)20-12-17(24)10-11-18(20)25/h6-12,15H,13-14H2,1-5H3,(H,27,31)/t15-/m1/s1. The summed E-state index contributed by atoms with van der Waals surface area (Å²) in [7, 11) is -3.97. The quantitative estimate of drug-likeness (QED) is 0.552. The summed E-state index contributed by atoms with van der Waals surface area (Å²) < 4.78 is 40.3. The normalized spacial score (nSPS) is 12.7. The first-order chi connectivity index (χ1) is 15.6. The van der Waals surface area contributed by atoms with Crippen molar-refractivity contribution in [2.75, 3.05) is 17.1 Å². The minimum absolute atomic E-state index is 0.0163. The van der Waals surface area contributed by atoms with Crippen molar-refractivity contribution >= 4 is 50.7 Å². The molecular weight excluding hydrogens is 504 g/mol. The SMILES string of the molecule is C[C@H](C(=O)NC(C)(C)C)N(Cc1ccccc1F)C(=O)CN(c1cc(Cl)ccc1Cl)S(C)(=O)=O. The van der Waals surface area contributed by atoms with Crippen LogP contribution in [0.1, 0.15) is 33.3 Å². The Morgan fingerprint density at radius 3 is 2.29 bits per heavy atom. The first kappa shape index (κ1) is 27.9. The lowest BCUT2D eigenvalue weighted by Crippen LogP contribution is -2.54. The van der Waals surface area contributed by atoms with Crippen LogP contribution >= 0.6 is 23.2 Å². The maximum atomic E-state index is 14.4. The van der Waals surface area contributed by atoms with Gasteiger partial charge in [0.15, 0.2) is 0 Å². The molecule has 0 saturated heterocycles. The topological polar surface area (TPSA) is 86.8 Å². The van der Waals surface area contributed by atoms with E-state index in [4.69, 9.17) is 23.2 Å². The average Bonchev–Trinajstić information content (AvgIpc) is 2.70. The van der Waals surface area contributed by atoms with E-state index in [1.807, 2.05) is 0 Å². The first-order valence-corrected chi connectivity index (χ1v) is 13.0. The maximum Gasteiger partial charge on any atom is 0.244 e. The van der Waals surface area contributed by atoms with Gasteiger partial charge in [-0.1, -0.05) is 41.4 Å². The van der Waals surface area contributed by atoms with E-state index in [2.05, 4.69) is 5.32 Å². The fourth-order valence-corrected chi connectivity index (χ4v) is 4.43. The number of rotatable bonds is 8. The molecule has 2 rings (SSSR count). The summed E-state index contributed by atoms with van der Waals surface area (Å²) >= 11 is 12.2. The van der Waals surface area contributed by atoms with Crippen LogP contribution in [0.25, 0.3) is 0 Å². The van der Waals surface area contributed by atoms with E-state index in [0.29, 0.717) is 0 Å². The third-order valence-electron chi connectivity index (χ3n) is 4.82. The second-order valence-corrected chi connectivity index (χ2v) is 11.6. The number of halogens is 3. The number of carbonyl (C=O) groups is 2. The Morgan fingerprint density at radius 2 is 1.74 bits per heavy atom. The van der Waals surface area contributed by atoms with Gasteiger partial charge < -0.3 is 10.2 Å². The lowest BCUT2D eigenvalue weighted by Gasteiger charge is -2.33. The molecule has 0 spiro atoms. The van der Waals surface area contributed by atoms with Crippen molar-refractivity contribution in [1.29, 1.82) is 0 Å². The third-order valence-corrected chi connectivity index (χ3v) is 6.50. The van der Waals surface area contributed by atoms with Gasteiger partial charge in [0.25, 0.3) is 0 Å². The number of amides is 2. The zero-order valence-electron chi connectivity index (χ0n) is 19.6. The number of nitrogens with zero attached hydrogens (tertiary/aromatic N) is 2. The predicted octanol–water partition coefficient (Wildman–Crippen LogP) is 4.23. The van der Waals surface area contributed by atoms with Gasteiger partial charge in [-0.05, 0) is 52.0 Å². The Morgan fingerprint density at radius 1 is 1.12 bits per heavy atom. The summed E-state index contributed by atoms with van der Waals surface area (Å²) in [5.74, 6) is -1.74. The van der Waals surface area contributed by atoms with Crippen LogP contribution in [0, 0.1) is 5.82 Å². The highest BCUT2D eigenvalue weighted by molar-refractivity contribution is 7.92. The molecule has 2 aromatic rings. The molecule has 186 valence electrons. The second-order valence-electron chi connectivity index (χ2n) is 8.89. The molecule has 34 heavy (non-hydrogen) atoms. The van der Waals surface area contributed by atoms with E-state index in [9.17, 15) is 22.4 Å². The maximum absolute atomic E-state index is 14.4. The number of hydrogen-bond donors (Lipinski definition) is 1. The molecule has 0 aromatic heterocycles. The fraction of sp³-hybridized carbons (Fsp3) is 0.391. The minimum Gasteiger partial charge on any atom is -0.350 e. The van der Waals surface area contributed by atoms with Crippen LogP contribution in [0.3, 0.4) is 0 Å². The summed E-state index contributed by atoms with van der Waals surface area (Å²) in [6, 6.07) is 9.05. The van der Waals surface area contributed by atoms with Crippen molar-refractivity contribution in [3.63, 3.8) is 0 Å². The molecule has 0 radical (unpaired) electrons. The van der Waals surface area contributed by atoms with Gasteiger partial charge in [-0.25, -0.2) is 12.8 Å². The van der Waals surface area contributed by atoms with Gasteiger partial charge in [-0.3, -0.25) is 13.9 Å². The highest BCUT2D eigenvalue weighted by Crippen LogP contribution is 2.31. The number of hydrogen-bond acceptors (Lipinski definition) is 4. The van der Waals surface area contributed by atoms with Gasteiger partial charge >= 0.3 is 0 Å². The summed E-state index contributed by atoms with van der Waals surface area (Å²) in [6.45, 7) is 5.94. The highest BCUT2D eigenvalue weighted by atomic mass is 35.5. The predicted molar refractivity (Wildman–Crippen MR) is 133 cm³/mol. The molecule has 0 bridgehead atoms. The van der Waals surface area contributed by atoms with Gasteiger partial charge in [-0.15, -0.1) is 0 Å². The average molecular weight is 532 g/mol. The van der Waals surface area contributed by atoms with E-state index < -0.39 is 45.8 Å². The lowest BCUT2D eigenvalue weighted by molar-refractivity contribution is -0.140. The number of anilines is 1. The molecule has 0 aliphatic rings. The molecule has 1 atom stereocenters. The van der Waals surface area contributed by atoms with E-state index in [1.54, 1.807) is 26.8 Å². The van der Waals surface area contributed by atoms with Crippen molar-refractivity contribution in [2.45, 2.75) is 45.8 Å². The van der Waals surface area contributed by atoms with Gasteiger partial charge in [0.1, 0.15) is 18.4 Å². The first-order valence-electron chi connectivity index (χ1n) is 10.4. The fourth-order valence-electron chi connectivity index (χ4n) is 3.14. The molecule has 2 aromatic carbocycles. The van der Waals surface area contributed by atoms with Gasteiger partial charge in [-0.2, -0.15) is 0 Å². The Kier molecular flexibility index (Phi) is 8.96. The van der Waals surface area contributed by atoms with Crippen LogP contribution in [-0.2, 0) is 26.2 Å². The van der Waals surface area contributed by atoms with E-state index in [-0.39, 0.29) is 27.8 Å². The van der Waals surface area contributed by atoms with Crippen molar-refractivity contribution in [2.24, 2.45) is 0 Å². The van der Waals surface area contributed by atoms with E-state index >= 15 is 0 Å². The molecule has 1 N–H and O–H groups in total. The van der Waals surface area contributed by atoms with Crippen LogP contribution in [0.4, 0.5) is 10.1 Å². The van der Waals surface area contributed by atoms with Crippen LogP contribution in [0.2, 0.25) is 10.0 Å². The third kappa shape index (κ3) is 7.58. The molecule has 0 aliphatic heterocycles. The molecule has 0 saturated carbocycles. The zero-order valence-corrected chi connectivity index (χ0v) is 21.9. The molecule has 2 amide bonds. The summed E-state index contributed by atoms with van der Waals surface area (Å²) in [6.07, 6.45) is 0.925. The second kappa shape index (κ2) is 10.9. The lowest BCUT2D eigenvalue weighted by atomic mass is 10.1. The van der Waals surface area contributed by atoms with Crippen LogP contribution in [-0.4, -0.2) is 49.5 Å². The van der Waals surface area contributed by atoms with Crippen molar-refractivity contribution in [3.8, 4) is 0 Å². The Hall–Kier alpha value is -2.36. The number of nitrogens with one attached hydrogen (secondary N) is 1. The molecule has 11 heteroatoms. The van der Waals surface area contributed by atoms with Gasteiger partial charge in [0, 0.05) is 22.7 Å². The Bertz CT molecular complexity index is 1170. The van der Waals surface area contributed by atoms with E-state index in [1.165, 1.54) is 43.3 Å². The molecule has 0 fully saturated rings. The zero-order chi connectivity index (χ0) is 25.8. The molecule has 0 heterocycles. The van der Waals surface area contributed by atoms with Gasteiger partial charge in [0.05, 0.1) is 17.0 Å². The Balaban J connectivity index is 2.47. The van der Waals surface area contributed by atoms with E-state index in [0.717, 1.165) is 15.5 Å². The molecular formula is C23H28Cl2FN3O4S. The molecule has 0 aliphatic carbocycles. The van der Waals surface area contributed by atoms with Crippen LogP contribution < -0.4 is 9.62 Å². The minimum atomic E-state index is -3.97. The number of benzene rings is 2. The van der Waals surface area contributed by atoms with Crippen molar-refractivity contribution in [3.05, 3.63) is 63.9 Å². The molecule has 7 nitrogen and oxygen atoms in total. The smallest absolute Gasteiger partial charge is 0.244 e. The number of sulfonamides is 1. The Labute approximate surface area is 209 Å². The summed E-state index contributed by atoms with van der Waals surface area (Å²) in [5.41, 5.74) is -0.383. The van der Waals surface area contributed by atoms with Crippen LogP contribution in [0.15, 0.2) is 42.5 Å². The number of carbonyl (C=O) groups excluding carboxylic acids is 2. The highest BCUT2D eigenvalue weighted by Gasteiger charge is 2.32. The molecule has 0 unspecified atom stereocenters. The summed E-state index contributed by atoms with van der Waals surface area (Å²) in [5, 5.41) is 3.08. The van der Waals surface area contributed by atoms with Crippen LogP contribution in [0.5, 0.6) is 0 Å². The largest absolute Gasteiger partial charge is 0.350 e. The summed E-state index contributed by atoms with van der Waals surface area (Å²) in [4.78, 5) is 27.4. The van der Waals surface area contributed by atoms with Crippen molar-refractivity contribution < 1.29 is 22.4 Å². The van der Waals surface area contributed by atoms with Gasteiger partial charge in [0.2, 0.25) is 21.8 Å².